The number of primary amides is 1. The molecule has 0 aromatic heterocycles. The number of carbonyl (C=O) groups is 2. The van der Waals surface area contributed by atoms with Crippen LogP contribution >= 0.6 is 0 Å². The predicted octanol–water partition coefficient (Wildman–Crippen LogP) is 1.78. The van der Waals surface area contributed by atoms with Crippen LogP contribution in [0.5, 0.6) is 0 Å². The summed E-state index contributed by atoms with van der Waals surface area (Å²) >= 11 is 0. The Morgan fingerprint density at radius 1 is 1.10 bits per heavy atom. The van der Waals surface area contributed by atoms with Crippen LogP contribution in [0.15, 0.2) is 40.3 Å². The van der Waals surface area contributed by atoms with E-state index >= 15 is 0 Å². The lowest BCUT2D eigenvalue weighted by molar-refractivity contribution is -0.121. The molecule has 1 aromatic carbocycles. The summed E-state index contributed by atoms with van der Waals surface area (Å²) in [5.41, 5.74) is 11.7. The minimum absolute atomic E-state index is 0.0206. The predicted molar refractivity (Wildman–Crippen MR) is 125 cm³/mol. The largest absolute Gasteiger partial charge is 0.387 e. The Bertz CT molecular complexity index is 686. The summed E-state index contributed by atoms with van der Waals surface area (Å²) in [5.74, 6) is 0.813. The third-order valence-electron chi connectivity index (χ3n) is 3.85. The number of amidine groups is 2. The zero-order chi connectivity index (χ0) is 22.9. The van der Waals surface area contributed by atoms with E-state index in [0.29, 0.717) is 37.5 Å². The number of nitrogens with two attached hydrogens (primary N) is 2. The summed E-state index contributed by atoms with van der Waals surface area (Å²) in [6.07, 6.45) is 1.98. The van der Waals surface area contributed by atoms with Gasteiger partial charge in [-0.1, -0.05) is 37.3 Å². The van der Waals surface area contributed by atoms with Gasteiger partial charge in [0.15, 0.2) is 0 Å². The van der Waals surface area contributed by atoms with Crippen LogP contribution in [0.3, 0.4) is 0 Å². The molecule has 0 saturated heterocycles. The summed E-state index contributed by atoms with van der Waals surface area (Å²) in [6.45, 7) is 8.22. The summed E-state index contributed by atoms with van der Waals surface area (Å²) in [6, 6.07) is 10.4. The molecule has 1 atom stereocenters. The number of carbonyl (C=O) groups excluding carboxylic acids is 2. The highest BCUT2D eigenvalue weighted by Gasteiger charge is 2.12. The zero-order valence-corrected chi connectivity index (χ0v) is 18.9. The molecule has 0 aliphatic heterocycles. The second-order valence-corrected chi connectivity index (χ2v) is 7.20. The first-order valence-corrected chi connectivity index (χ1v) is 10.3. The fourth-order valence-electron chi connectivity index (χ4n) is 2.53. The normalized spacial score (nSPS) is 12.7. The zero-order valence-electron chi connectivity index (χ0n) is 18.9. The van der Waals surface area contributed by atoms with Crippen LogP contribution in [-0.4, -0.2) is 49.2 Å². The van der Waals surface area contributed by atoms with E-state index in [0.717, 1.165) is 6.42 Å². The third kappa shape index (κ3) is 15.2. The molecule has 0 fully saturated rings. The number of hydrogen-bond donors (Lipinski definition) is 4. The van der Waals surface area contributed by atoms with E-state index in [9.17, 15) is 9.59 Å². The number of hydrogen-bond acceptors (Lipinski definition) is 4. The number of nitrogens with zero attached hydrogens (tertiary/aromatic N) is 2. The SMILES string of the molecule is CCC(N)=O.CNCC(Cc1ccccc1)NC(=O)CCC(N)=NC(C)=NC(C)C. The Hall–Kier alpha value is -2.74. The number of benzene rings is 1. The summed E-state index contributed by atoms with van der Waals surface area (Å²) in [4.78, 5) is 30.3. The molecule has 0 heterocycles. The lowest BCUT2D eigenvalue weighted by Gasteiger charge is -2.18. The highest BCUT2D eigenvalue weighted by molar-refractivity contribution is 5.96. The van der Waals surface area contributed by atoms with E-state index in [2.05, 4.69) is 38.5 Å². The first-order valence-electron chi connectivity index (χ1n) is 10.3. The van der Waals surface area contributed by atoms with E-state index in [1.165, 1.54) is 5.56 Å². The van der Waals surface area contributed by atoms with Crippen molar-refractivity contribution < 1.29 is 9.59 Å². The van der Waals surface area contributed by atoms with Crippen LogP contribution in [0.1, 0.15) is 52.5 Å². The van der Waals surface area contributed by atoms with Crippen LogP contribution < -0.4 is 22.1 Å². The lowest BCUT2D eigenvalue weighted by Crippen LogP contribution is -2.42. The smallest absolute Gasteiger partial charge is 0.220 e. The van der Waals surface area contributed by atoms with Crippen LogP contribution in [0.25, 0.3) is 0 Å². The number of nitrogens with one attached hydrogen (secondary N) is 2. The maximum Gasteiger partial charge on any atom is 0.220 e. The quantitative estimate of drug-likeness (QED) is 0.340. The standard InChI is InChI=1S/C19H31N5O.C3H7NO/c1-14(2)22-15(3)23-18(20)10-11-19(25)24-17(13-21-4)12-16-8-6-5-7-9-16;1-2-3(4)5/h5-9,14,17,21H,10-13H2,1-4H3,(H,24,25)(H2,20,22,23);2H2,1H3,(H2,4,5). The summed E-state index contributed by atoms with van der Waals surface area (Å²) in [5, 5.41) is 6.19. The first kappa shape index (κ1) is 27.3. The molecule has 0 bridgehead atoms. The van der Waals surface area contributed by atoms with Gasteiger partial charge < -0.3 is 22.1 Å². The van der Waals surface area contributed by atoms with Crippen molar-refractivity contribution in [3.8, 4) is 0 Å². The molecule has 6 N–H and O–H groups in total. The molecule has 1 aromatic rings. The maximum absolute atomic E-state index is 12.2. The van der Waals surface area contributed by atoms with Crippen molar-refractivity contribution in [3.05, 3.63) is 35.9 Å². The van der Waals surface area contributed by atoms with Crippen molar-refractivity contribution in [2.24, 2.45) is 21.5 Å². The van der Waals surface area contributed by atoms with Gasteiger partial charge in [0.1, 0.15) is 11.7 Å². The molecule has 0 spiro atoms. The second kappa shape index (κ2) is 16.1. The minimum Gasteiger partial charge on any atom is -0.387 e. The number of likely N-dealkylation sites (N-methyl/N-ethyl adjacent to an activating group) is 1. The highest BCUT2D eigenvalue weighted by Crippen LogP contribution is 2.03. The van der Waals surface area contributed by atoms with Gasteiger partial charge in [-0.05, 0) is 39.8 Å². The van der Waals surface area contributed by atoms with Crippen molar-refractivity contribution in [1.29, 1.82) is 0 Å². The Balaban J connectivity index is 0.00000150. The van der Waals surface area contributed by atoms with Crippen molar-refractivity contribution in [2.45, 2.75) is 65.5 Å². The van der Waals surface area contributed by atoms with Crippen molar-refractivity contribution in [1.82, 2.24) is 10.6 Å². The topological polar surface area (TPSA) is 135 Å². The van der Waals surface area contributed by atoms with E-state index in [1.807, 2.05) is 46.0 Å². The Morgan fingerprint density at radius 3 is 2.20 bits per heavy atom. The summed E-state index contributed by atoms with van der Waals surface area (Å²) < 4.78 is 0. The molecule has 1 unspecified atom stereocenters. The maximum atomic E-state index is 12.2. The molecule has 168 valence electrons. The minimum atomic E-state index is -0.245. The van der Waals surface area contributed by atoms with Gasteiger partial charge in [-0.25, -0.2) is 4.99 Å². The van der Waals surface area contributed by atoms with Crippen LogP contribution in [-0.2, 0) is 16.0 Å². The van der Waals surface area contributed by atoms with Crippen molar-refractivity contribution in [2.75, 3.05) is 13.6 Å². The molecule has 8 heteroatoms. The molecule has 2 amide bonds. The van der Waals surface area contributed by atoms with Crippen molar-refractivity contribution in [3.63, 3.8) is 0 Å². The third-order valence-corrected chi connectivity index (χ3v) is 3.85. The first-order chi connectivity index (χ1) is 14.2. The van der Waals surface area contributed by atoms with E-state index < -0.39 is 0 Å². The van der Waals surface area contributed by atoms with E-state index in [-0.39, 0.29) is 23.9 Å². The monoisotopic (exact) mass is 418 g/mol. The Kier molecular flexibility index (Phi) is 14.6. The lowest BCUT2D eigenvalue weighted by atomic mass is 10.1. The van der Waals surface area contributed by atoms with Gasteiger partial charge in [-0.2, -0.15) is 0 Å². The molecule has 0 aliphatic carbocycles. The molecule has 0 radical (unpaired) electrons. The van der Waals surface area contributed by atoms with Gasteiger partial charge in [0.2, 0.25) is 11.8 Å². The summed E-state index contributed by atoms with van der Waals surface area (Å²) in [7, 11) is 1.88. The fourth-order valence-corrected chi connectivity index (χ4v) is 2.53. The molecule has 30 heavy (non-hydrogen) atoms. The average Bonchev–Trinajstić information content (AvgIpc) is 2.67. The molecular weight excluding hydrogens is 380 g/mol. The Labute approximate surface area is 180 Å². The number of rotatable bonds is 10. The number of amides is 2. The van der Waals surface area contributed by atoms with Gasteiger partial charge >= 0.3 is 0 Å². The average molecular weight is 419 g/mol. The van der Waals surface area contributed by atoms with E-state index in [1.54, 1.807) is 6.92 Å². The van der Waals surface area contributed by atoms with E-state index in [4.69, 9.17) is 5.73 Å². The molecular formula is C22H38N6O2. The van der Waals surface area contributed by atoms with Gasteiger partial charge in [0.25, 0.3) is 0 Å². The molecule has 0 saturated carbocycles. The van der Waals surface area contributed by atoms with Gasteiger partial charge in [0.05, 0.1) is 0 Å². The highest BCUT2D eigenvalue weighted by atomic mass is 16.2. The second-order valence-electron chi connectivity index (χ2n) is 7.20. The van der Waals surface area contributed by atoms with Crippen LogP contribution in [0, 0.1) is 0 Å². The van der Waals surface area contributed by atoms with Crippen molar-refractivity contribution >= 4 is 23.5 Å². The van der Waals surface area contributed by atoms with Gasteiger partial charge in [0, 0.05) is 37.9 Å². The van der Waals surface area contributed by atoms with Gasteiger partial charge in [-0.15, -0.1) is 0 Å². The molecule has 0 aliphatic rings. The molecule has 8 nitrogen and oxygen atoms in total. The van der Waals surface area contributed by atoms with Crippen LogP contribution in [0.4, 0.5) is 0 Å². The molecule has 1 rings (SSSR count). The number of aliphatic imine (C=N–C) groups is 2. The van der Waals surface area contributed by atoms with Crippen LogP contribution in [0.2, 0.25) is 0 Å². The van der Waals surface area contributed by atoms with Gasteiger partial charge in [-0.3, -0.25) is 14.6 Å². The fraction of sp³-hybridized carbons (Fsp3) is 0.545. The Morgan fingerprint density at radius 2 is 1.70 bits per heavy atom.